The quantitative estimate of drug-likeness (QED) is 0.543. The first-order chi connectivity index (χ1) is 14.1. The molecule has 1 aromatic carbocycles. The minimum absolute atomic E-state index is 0.131. The molecule has 8 heteroatoms. The van der Waals surface area contributed by atoms with E-state index in [1.165, 1.54) is 12.8 Å². The number of hydrogen-bond acceptors (Lipinski definition) is 6. The predicted molar refractivity (Wildman–Crippen MR) is 113 cm³/mol. The smallest absolute Gasteiger partial charge is 0.229 e. The average molecular weight is 391 g/mol. The molecule has 3 aromatic rings. The maximum atomic E-state index is 11.7. The molecular weight excluding hydrogens is 366 g/mol. The standard InChI is InChI=1S/C21H25N7O/c1-28(2)20(29)10-5-14-3-8-16(9-4-14)23-21-22-12-11-18(25-21)24-19-13-17(26-27-19)15-6-7-15/h3-4,8-9,11-13,15H,5-7,10H2,1-2H3,(H3,22,23,24,25,26,27). The Balaban J connectivity index is 1.35. The summed E-state index contributed by atoms with van der Waals surface area (Å²) < 4.78 is 0. The predicted octanol–water partition coefficient (Wildman–Crippen LogP) is 3.59. The second kappa shape index (κ2) is 8.30. The average Bonchev–Trinajstić information content (AvgIpc) is 3.47. The van der Waals surface area contributed by atoms with E-state index in [0.717, 1.165) is 29.2 Å². The summed E-state index contributed by atoms with van der Waals surface area (Å²) in [7, 11) is 3.55. The molecule has 8 nitrogen and oxygen atoms in total. The Morgan fingerprint density at radius 3 is 2.69 bits per heavy atom. The lowest BCUT2D eigenvalue weighted by Crippen LogP contribution is -2.21. The van der Waals surface area contributed by atoms with Gasteiger partial charge < -0.3 is 15.5 Å². The van der Waals surface area contributed by atoms with Gasteiger partial charge in [-0.15, -0.1) is 0 Å². The van der Waals surface area contributed by atoms with Gasteiger partial charge in [0.1, 0.15) is 11.6 Å². The Morgan fingerprint density at radius 1 is 1.17 bits per heavy atom. The van der Waals surface area contributed by atoms with Gasteiger partial charge >= 0.3 is 0 Å². The minimum Gasteiger partial charge on any atom is -0.349 e. The van der Waals surface area contributed by atoms with Gasteiger partial charge in [-0.2, -0.15) is 10.1 Å². The zero-order valence-electron chi connectivity index (χ0n) is 16.6. The van der Waals surface area contributed by atoms with Gasteiger partial charge in [0.05, 0.1) is 5.69 Å². The van der Waals surface area contributed by atoms with Crippen molar-refractivity contribution in [2.24, 2.45) is 0 Å². The Labute approximate surface area is 169 Å². The maximum absolute atomic E-state index is 11.7. The van der Waals surface area contributed by atoms with Crippen molar-refractivity contribution >= 4 is 29.2 Å². The van der Waals surface area contributed by atoms with Gasteiger partial charge in [-0.25, -0.2) is 4.98 Å². The van der Waals surface area contributed by atoms with Crippen LogP contribution in [0.15, 0.2) is 42.6 Å². The Morgan fingerprint density at radius 2 is 1.97 bits per heavy atom. The molecule has 0 atom stereocenters. The van der Waals surface area contributed by atoms with E-state index < -0.39 is 0 Å². The van der Waals surface area contributed by atoms with Crippen molar-refractivity contribution in [2.75, 3.05) is 24.7 Å². The number of H-pyrrole nitrogens is 1. The van der Waals surface area contributed by atoms with Crippen LogP contribution in [0.3, 0.4) is 0 Å². The van der Waals surface area contributed by atoms with E-state index in [1.54, 1.807) is 25.2 Å². The molecule has 2 heterocycles. The van der Waals surface area contributed by atoms with Crippen molar-refractivity contribution in [3.05, 3.63) is 53.9 Å². The molecule has 4 rings (SSSR count). The monoisotopic (exact) mass is 391 g/mol. The highest BCUT2D eigenvalue weighted by molar-refractivity contribution is 5.75. The number of amides is 1. The number of rotatable bonds is 8. The molecule has 0 saturated heterocycles. The number of carbonyl (C=O) groups is 1. The Bertz CT molecular complexity index is 977. The molecule has 1 saturated carbocycles. The van der Waals surface area contributed by atoms with Gasteiger partial charge in [0.25, 0.3) is 0 Å². The zero-order valence-corrected chi connectivity index (χ0v) is 16.6. The van der Waals surface area contributed by atoms with Gasteiger partial charge in [-0.1, -0.05) is 12.1 Å². The molecule has 0 radical (unpaired) electrons. The zero-order chi connectivity index (χ0) is 20.2. The maximum Gasteiger partial charge on any atom is 0.229 e. The summed E-state index contributed by atoms with van der Waals surface area (Å²) in [6, 6.07) is 11.8. The first kappa shape index (κ1) is 18.9. The number of nitrogens with zero attached hydrogens (tertiary/aromatic N) is 4. The summed E-state index contributed by atoms with van der Waals surface area (Å²) in [5.41, 5.74) is 3.11. The van der Waals surface area contributed by atoms with E-state index in [-0.39, 0.29) is 5.91 Å². The normalized spacial score (nSPS) is 13.2. The highest BCUT2D eigenvalue weighted by atomic mass is 16.2. The van der Waals surface area contributed by atoms with Crippen molar-refractivity contribution in [2.45, 2.75) is 31.6 Å². The van der Waals surface area contributed by atoms with Crippen LogP contribution in [0.1, 0.15) is 36.4 Å². The second-order valence-electron chi connectivity index (χ2n) is 7.48. The van der Waals surface area contributed by atoms with Gasteiger partial charge in [-0.05, 0) is 43.0 Å². The highest BCUT2D eigenvalue weighted by Gasteiger charge is 2.26. The van der Waals surface area contributed by atoms with Gasteiger partial charge in [0.2, 0.25) is 11.9 Å². The molecule has 2 aromatic heterocycles. The molecule has 1 aliphatic rings. The number of aromatic nitrogens is 4. The number of benzene rings is 1. The Hall–Kier alpha value is -3.42. The van der Waals surface area contributed by atoms with Crippen molar-refractivity contribution in [1.82, 2.24) is 25.1 Å². The number of aryl methyl sites for hydroxylation is 1. The van der Waals surface area contributed by atoms with Gasteiger partial charge in [0, 0.05) is 44.4 Å². The molecule has 1 fully saturated rings. The first-order valence-corrected chi connectivity index (χ1v) is 9.78. The number of carbonyl (C=O) groups excluding carboxylic acids is 1. The van der Waals surface area contributed by atoms with E-state index in [0.29, 0.717) is 24.1 Å². The van der Waals surface area contributed by atoms with Crippen LogP contribution in [0.2, 0.25) is 0 Å². The Kier molecular flexibility index (Phi) is 5.41. The van der Waals surface area contributed by atoms with E-state index in [4.69, 9.17) is 0 Å². The molecule has 3 N–H and O–H groups in total. The van der Waals surface area contributed by atoms with Crippen LogP contribution in [0.4, 0.5) is 23.3 Å². The lowest BCUT2D eigenvalue weighted by molar-refractivity contribution is -0.128. The van der Waals surface area contributed by atoms with Gasteiger partial charge in [-0.3, -0.25) is 9.89 Å². The third-order valence-electron chi connectivity index (χ3n) is 4.85. The van der Waals surface area contributed by atoms with Crippen LogP contribution in [0.5, 0.6) is 0 Å². The summed E-state index contributed by atoms with van der Waals surface area (Å²) in [6.07, 6.45) is 5.37. The van der Waals surface area contributed by atoms with Crippen LogP contribution in [0.25, 0.3) is 0 Å². The number of anilines is 4. The fourth-order valence-corrected chi connectivity index (χ4v) is 2.97. The molecule has 1 aliphatic carbocycles. The summed E-state index contributed by atoms with van der Waals surface area (Å²) in [5, 5.41) is 13.8. The summed E-state index contributed by atoms with van der Waals surface area (Å²) in [4.78, 5) is 22.1. The first-order valence-electron chi connectivity index (χ1n) is 9.78. The van der Waals surface area contributed by atoms with Crippen molar-refractivity contribution in [3.63, 3.8) is 0 Å². The number of hydrogen-bond donors (Lipinski definition) is 3. The third kappa shape index (κ3) is 5.10. The fourth-order valence-electron chi connectivity index (χ4n) is 2.97. The number of aromatic amines is 1. The van der Waals surface area contributed by atoms with Crippen molar-refractivity contribution in [3.8, 4) is 0 Å². The second-order valence-corrected chi connectivity index (χ2v) is 7.48. The van der Waals surface area contributed by atoms with Crippen LogP contribution in [-0.4, -0.2) is 45.1 Å². The molecule has 150 valence electrons. The van der Waals surface area contributed by atoms with Gasteiger partial charge in [0.15, 0.2) is 0 Å². The van der Waals surface area contributed by atoms with Crippen LogP contribution in [0, 0.1) is 0 Å². The topological polar surface area (TPSA) is 98.8 Å². The lowest BCUT2D eigenvalue weighted by Gasteiger charge is -2.10. The van der Waals surface area contributed by atoms with Crippen molar-refractivity contribution < 1.29 is 4.79 Å². The van der Waals surface area contributed by atoms with Crippen LogP contribution in [-0.2, 0) is 11.2 Å². The summed E-state index contributed by atoms with van der Waals surface area (Å²) in [5.74, 6) is 2.76. The highest BCUT2D eigenvalue weighted by Crippen LogP contribution is 2.39. The molecular formula is C21H25N7O. The van der Waals surface area contributed by atoms with Crippen LogP contribution < -0.4 is 10.6 Å². The summed E-state index contributed by atoms with van der Waals surface area (Å²) in [6.45, 7) is 0. The van der Waals surface area contributed by atoms with E-state index in [1.807, 2.05) is 36.4 Å². The van der Waals surface area contributed by atoms with E-state index in [2.05, 4.69) is 30.8 Å². The number of nitrogens with one attached hydrogen (secondary N) is 3. The fraction of sp³-hybridized carbons (Fsp3) is 0.333. The minimum atomic E-state index is 0.131. The summed E-state index contributed by atoms with van der Waals surface area (Å²) >= 11 is 0. The lowest BCUT2D eigenvalue weighted by atomic mass is 10.1. The largest absolute Gasteiger partial charge is 0.349 e. The van der Waals surface area contributed by atoms with Crippen LogP contribution >= 0.6 is 0 Å². The van der Waals surface area contributed by atoms with E-state index in [9.17, 15) is 4.79 Å². The SMILES string of the molecule is CN(C)C(=O)CCc1ccc(Nc2nccc(Nc3cc(C4CC4)n[nH]3)n2)cc1. The molecule has 0 spiro atoms. The molecule has 1 amide bonds. The van der Waals surface area contributed by atoms with Crippen molar-refractivity contribution in [1.29, 1.82) is 0 Å². The molecule has 0 unspecified atom stereocenters. The van der Waals surface area contributed by atoms with E-state index >= 15 is 0 Å². The molecule has 29 heavy (non-hydrogen) atoms. The molecule has 0 bridgehead atoms. The molecule has 0 aliphatic heterocycles. The third-order valence-corrected chi connectivity index (χ3v) is 4.85.